The topological polar surface area (TPSA) is 46.3 Å². The molecule has 1 aromatic rings. The van der Waals surface area contributed by atoms with Gasteiger partial charge in [-0.2, -0.15) is 11.8 Å². The van der Waals surface area contributed by atoms with Crippen LogP contribution in [0.2, 0.25) is 5.02 Å². The highest BCUT2D eigenvalue weighted by molar-refractivity contribution is 7.99. The van der Waals surface area contributed by atoms with Crippen molar-refractivity contribution >= 4 is 35.0 Å². The minimum absolute atomic E-state index is 0.0161. The number of nitrogen functional groups attached to an aromatic ring is 1. The molecule has 16 heavy (non-hydrogen) atoms. The number of thioether (sulfide) groups is 1. The van der Waals surface area contributed by atoms with E-state index >= 15 is 0 Å². The molecule has 0 unspecified atom stereocenters. The van der Waals surface area contributed by atoms with E-state index in [0.717, 1.165) is 24.6 Å². The molecule has 5 heteroatoms. The number of hydrogen-bond acceptors (Lipinski definition) is 3. The van der Waals surface area contributed by atoms with Gasteiger partial charge in [-0.1, -0.05) is 11.6 Å². The summed E-state index contributed by atoms with van der Waals surface area (Å²) in [5, 5.41) is 0.470. The first-order chi connectivity index (χ1) is 7.68. The van der Waals surface area contributed by atoms with Crippen molar-refractivity contribution in [1.82, 2.24) is 4.90 Å². The Morgan fingerprint density at radius 2 is 2.06 bits per heavy atom. The summed E-state index contributed by atoms with van der Waals surface area (Å²) >= 11 is 7.87. The molecule has 1 heterocycles. The van der Waals surface area contributed by atoms with Gasteiger partial charge in [0.15, 0.2) is 0 Å². The van der Waals surface area contributed by atoms with E-state index < -0.39 is 0 Å². The number of hydrogen-bond donors (Lipinski definition) is 1. The van der Waals surface area contributed by atoms with Crippen LogP contribution in [0.15, 0.2) is 18.2 Å². The van der Waals surface area contributed by atoms with Crippen LogP contribution in [0.1, 0.15) is 10.4 Å². The third-order valence-corrected chi connectivity index (χ3v) is 3.79. The van der Waals surface area contributed by atoms with Crippen LogP contribution < -0.4 is 5.73 Å². The van der Waals surface area contributed by atoms with Gasteiger partial charge in [-0.25, -0.2) is 0 Å². The Morgan fingerprint density at radius 3 is 2.75 bits per heavy atom. The van der Waals surface area contributed by atoms with Gasteiger partial charge in [0.1, 0.15) is 0 Å². The summed E-state index contributed by atoms with van der Waals surface area (Å²) in [5.74, 6) is 1.97. The number of nitrogens with zero attached hydrogens (tertiary/aromatic N) is 1. The van der Waals surface area contributed by atoms with Gasteiger partial charge >= 0.3 is 0 Å². The maximum Gasteiger partial charge on any atom is 0.255 e. The highest BCUT2D eigenvalue weighted by Gasteiger charge is 2.20. The number of benzene rings is 1. The average Bonchev–Trinajstić information content (AvgIpc) is 2.32. The number of nitrogens with two attached hydrogens (primary N) is 1. The summed E-state index contributed by atoms with van der Waals surface area (Å²) in [5.41, 5.74) is 6.74. The molecule has 1 aliphatic heterocycles. The van der Waals surface area contributed by atoms with Crippen LogP contribution in [0.5, 0.6) is 0 Å². The smallest absolute Gasteiger partial charge is 0.255 e. The molecule has 0 saturated carbocycles. The van der Waals surface area contributed by atoms with Crippen LogP contribution in [0.3, 0.4) is 0 Å². The first-order valence-corrected chi connectivity index (χ1v) is 6.64. The van der Waals surface area contributed by atoms with Crippen molar-refractivity contribution in [3.05, 3.63) is 28.8 Å². The van der Waals surface area contributed by atoms with Gasteiger partial charge in [0.25, 0.3) is 5.91 Å². The second-order valence-corrected chi connectivity index (χ2v) is 5.28. The zero-order valence-corrected chi connectivity index (χ0v) is 10.4. The van der Waals surface area contributed by atoms with E-state index in [1.54, 1.807) is 18.2 Å². The summed E-state index contributed by atoms with van der Waals surface area (Å²) in [6.45, 7) is 1.57. The van der Waals surface area contributed by atoms with Crippen molar-refractivity contribution in [3.8, 4) is 0 Å². The Labute approximate surface area is 104 Å². The molecule has 3 nitrogen and oxygen atoms in total. The monoisotopic (exact) mass is 256 g/mol. The van der Waals surface area contributed by atoms with Crippen molar-refractivity contribution in [1.29, 1.82) is 0 Å². The van der Waals surface area contributed by atoms with Crippen LogP contribution in [0, 0.1) is 0 Å². The zero-order chi connectivity index (χ0) is 11.5. The van der Waals surface area contributed by atoms with Crippen molar-refractivity contribution in [2.45, 2.75) is 0 Å². The highest BCUT2D eigenvalue weighted by Crippen LogP contribution is 2.22. The second kappa shape index (κ2) is 4.97. The molecule has 0 spiro atoms. The molecule has 2 N–H and O–H groups in total. The number of amides is 1. The predicted octanol–water partition coefficient (Wildman–Crippen LogP) is 2.11. The standard InChI is InChI=1S/C11H13ClN2OS/c12-10-2-1-8(13)7-9(10)11(15)14-3-5-16-6-4-14/h1-2,7H,3-6,13H2. The fourth-order valence-electron chi connectivity index (χ4n) is 1.64. The third kappa shape index (κ3) is 2.44. The molecular formula is C11H13ClN2OS. The lowest BCUT2D eigenvalue weighted by molar-refractivity contribution is 0.0772. The molecule has 0 aromatic heterocycles. The van der Waals surface area contributed by atoms with Crippen LogP contribution in [-0.2, 0) is 0 Å². The second-order valence-electron chi connectivity index (χ2n) is 3.64. The maximum atomic E-state index is 12.1. The van der Waals surface area contributed by atoms with Crippen molar-refractivity contribution < 1.29 is 4.79 Å². The van der Waals surface area contributed by atoms with Crippen molar-refractivity contribution in [3.63, 3.8) is 0 Å². The lowest BCUT2D eigenvalue weighted by Gasteiger charge is -2.26. The third-order valence-electron chi connectivity index (χ3n) is 2.52. The Balaban J connectivity index is 2.22. The molecule has 0 bridgehead atoms. The number of carbonyl (C=O) groups excluding carboxylic acids is 1. The van der Waals surface area contributed by atoms with E-state index in [-0.39, 0.29) is 5.91 Å². The molecular weight excluding hydrogens is 244 g/mol. The molecule has 0 atom stereocenters. The van der Waals surface area contributed by atoms with Gasteiger partial charge in [0.05, 0.1) is 10.6 Å². The van der Waals surface area contributed by atoms with Crippen LogP contribution in [0.25, 0.3) is 0 Å². The van der Waals surface area contributed by atoms with E-state index in [4.69, 9.17) is 17.3 Å². The first-order valence-electron chi connectivity index (χ1n) is 5.10. The fraction of sp³-hybridized carbons (Fsp3) is 0.364. The summed E-state index contributed by atoms with van der Waals surface area (Å²) in [6, 6.07) is 5.01. The van der Waals surface area contributed by atoms with Crippen LogP contribution in [0.4, 0.5) is 5.69 Å². The number of anilines is 1. The zero-order valence-electron chi connectivity index (χ0n) is 8.78. The quantitative estimate of drug-likeness (QED) is 0.783. The van der Waals surface area contributed by atoms with E-state index in [9.17, 15) is 4.79 Å². The van der Waals surface area contributed by atoms with Gasteiger partial charge in [0.2, 0.25) is 0 Å². The van der Waals surface area contributed by atoms with Crippen LogP contribution in [-0.4, -0.2) is 35.4 Å². The SMILES string of the molecule is Nc1ccc(Cl)c(C(=O)N2CCSCC2)c1. The van der Waals surface area contributed by atoms with E-state index in [1.165, 1.54) is 0 Å². The number of halogens is 1. The van der Waals surface area contributed by atoms with E-state index in [1.807, 2.05) is 16.7 Å². The number of rotatable bonds is 1. The highest BCUT2D eigenvalue weighted by atomic mass is 35.5. The maximum absolute atomic E-state index is 12.1. The first kappa shape index (κ1) is 11.6. The Bertz CT molecular complexity index is 405. The fourth-order valence-corrected chi connectivity index (χ4v) is 2.75. The molecule has 2 rings (SSSR count). The van der Waals surface area contributed by atoms with Gasteiger partial charge in [0, 0.05) is 30.3 Å². The summed E-state index contributed by atoms with van der Waals surface area (Å²) in [6.07, 6.45) is 0. The predicted molar refractivity (Wildman–Crippen MR) is 69.1 cm³/mol. The molecule has 1 amide bonds. The molecule has 1 saturated heterocycles. The minimum atomic E-state index is -0.0161. The minimum Gasteiger partial charge on any atom is -0.399 e. The molecule has 1 aliphatic rings. The Kier molecular flexibility index (Phi) is 3.61. The molecule has 1 fully saturated rings. The van der Waals surface area contributed by atoms with Crippen LogP contribution >= 0.6 is 23.4 Å². The van der Waals surface area contributed by atoms with Crippen molar-refractivity contribution in [2.24, 2.45) is 0 Å². The summed E-state index contributed by atoms with van der Waals surface area (Å²) in [4.78, 5) is 14.0. The van der Waals surface area contributed by atoms with Gasteiger partial charge in [-0.15, -0.1) is 0 Å². The number of carbonyl (C=O) groups is 1. The van der Waals surface area contributed by atoms with Gasteiger partial charge in [-0.3, -0.25) is 4.79 Å². The van der Waals surface area contributed by atoms with Gasteiger partial charge in [-0.05, 0) is 18.2 Å². The lowest BCUT2D eigenvalue weighted by atomic mass is 10.1. The Hall–Kier alpha value is -0.870. The van der Waals surface area contributed by atoms with Crippen molar-refractivity contribution in [2.75, 3.05) is 30.3 Å². The van der Waals surface area contributed by atoms with E-state index in [0.29, 0.717) is 16.3 Å². The average molecular weight is 257 g/mol. The van der Waals surface area contributed by atoms with Gasteiger partial charge < -0.3 is 10.6 Å². The molecule has 86 valence electrons. The molecule has 1 aromatic carbocycles. The molecule has 0 aliphatic carbocycles. The normalized spacial score (nSPS) is 16.2. The molecule has 0 radical (unpaired) electrons. The largest absolute Gasteiger partial charge is 0.399 e. The van der Waals surface area contributed by atoms with E-state index in [2.05, 4.69) is 0 Å². The lowest BCUT2D eigenvalue weighted by Crippen LogP contribution is -2.38. The summed E-state index contributed by atoms with van der Waals surface area (Å²) < 4.78 is 0. The summed E-state index contributed by atoms with van der Waals surface area (Å²) in [7, 11) is 0. The Morgan fingerprint density at radius 1 is 1.38 bits per heavy atom.